The van der Waals surface area contributed by atoms with E-state index in [9.17, 15) is 9.90 Å². The normalized spacial score (nSPS) is 19.6. The van der Waals surface area contributed by atoms with Gasteiger partial charge in [-0.2, -0.15) is 0 Å². The average Bonchev–Trinajstić information content (AvgIpc) is 2.68. The van der Waals surface area contributed by atoms with E-state index in [2.05, 4.69) is 5.32 Å². The molecule has 0 spiro atoms. The predicted octanol–water partition coefficient (Wildman–Crippen LogP) is 3.27. The Balaban J connectivity index is 2.47. The average molecular weight is 352 g/mol. The van der Waals surface area contributed by atoms with Crippen LogP contribution in [0.15, 0.2) is 23.7 Å². The maximum absolute atomic E-state index is 11.5. The number of aromatic carboxylic acids is 1. The summed E-state index contributed by atoms with van der Waals surface area (Å²) < 4.78 is 12.1. The highest BCUT2D eigenvalue weighted by Crippen LogP contribution is 2.39. The van der Waals surface area contributed by atoms with Crippen molar-refractivity contribution in [3.05, 3.63) is 39.8 Å². The molecule has 1 aromatic carbocycles. The van der Waals surface area contributed by atoms with Crippen LogP contribution in [0, 0.1) is 0 Å². The number of carboxylic acid groups (broad SMARTS) is 1. The molecule has 0 aliphatic carbocycles. The van der Waals surface area contributed by atoms with E-state index in [4.69, 9.17) is 20.9 Å². The first kappa shape index (κ1) is 19.0. The SMILES string of the molecule is CNCC(=Cc1c(Cl)cccc1C(=O)O)B1OC(C)(C)C(C)(C)O1. The van der Waals surface area contributed by atoms with Gasteiger partial charge in [0.1, 0.15) is 0 Å². The molecule has 0 saturated carbocycles. The molecule has 1 aliphatic rings. The molecule has 1 fully saturated rings. The number of hydrogen-bond acceptors (Lipinski definition) is 4. The summed E-state index contributed by atoms with van der Waals surface area (Å²) >= 11 is 6.23. The fourth-order valence-electron chi connectivity index (χ4n) is 2.46. The molecule has 1 heterocycles. The van der Waals surface area contributed by atoms with Crippen LogP contribution >= 0.6 is 11.6 Å². The Morgan fingerprint density at radius 3 is 2.38 bits per heavy atom. The van der Waals surface area contributed by atoms with Gasteiger partial charge in [-0.05, 0) is 52.3 Å². The van der Waals surface area contributed by atoms with Gasteiger partial charge in [0.25, 0.3) is 0 Å². The third kappa shape index (κ3) is 3.67. The lowest BCUT2D eigenvalue weighted by Crippen LogP contribution is -2.41. The second-order valence-electron chi connectivity index (χ2n) is 6.84. The molecule has 0 radical (unpaired) electrons. The van der Waals surface area contributed by atoms with Crippen molar-refractivity contribution in [2.45, 2.75) is 38.9 Å². The zero-order valence-corrected chi connectivity index (χ0v) is 15.4. The molecular formula is C17H23BClNO4. The number of likely N-dealkylation sites (N-methyl/N-ethyl adjacent to an activating group) is 1. The first-order valence-electron chi connectivity index (χ1n) is 7.81. The lowest BCUT2D eigenvalue weighted by Gasteiger charge is -2.32. The minimum atomic E-state index is -1.03. The van der Waals surface area contributed by atoms with Crippen LogP contribution < -0.4 is 5.32 Å². The number of carboxylic acids is 1. The van der Waals surface area contributed by atoms with Crippen molar-refractivity contribution >= 4 is 30.8 Å². The topological polar surface area (TPSA) is 67.8 Å². The molecule has 0 atom stereocenters. The number of halogens is 1. The van der Waals surface area contributed by atoms with Gasteiger partial charge < -0.3 is 19.7 Å². The van der Waals surface area contributed by atoms with Gasteiger partial charge in [0, 0.05) is 17.1 Å². The minimum absolute atomic E-state index is 0.146. The van der Waals surface area contributed by atoms with Gasteiger partial charge in [0.05, 0.1) is 16.8 Å². The van der Waals surface area contributed by atoms with Crippen LogP contribution in [0.4, 0.5) is 0 Å². The molecule has 0 amide bonds. The van der Waals surface area contributed by atoms with Crippen LogP contribution in [-0.2, 0) is 9.31 Å². The first-order chi connectivity index (χ1) is 11.1. The smallest absolute Gasteiger partial charge is 0.478 e. The van der Waals surface area contributed by atoms with Gasteiger partial charge in [-0.15, -0.1) is 0 Å². The van der Waals surface area contributed by atoms with Crippen molar-refractivity contribution < 1.29 is 19.2 Å². The van der Waals surface area contributed by atoms with E-state index in [1.807, 2.05) is 34.7 Å². The number of nitrogens with one attached hydrogen (secondary N) is 1. The maximum Gasteiger partial charge on any atom is 0.491 e. The largest absolute Gasteiger partial charge is 0.491 e. The van der Waals surface area contributed by atoms with Crippen molar-refractivity contribution in [2.75, 3.05) is 13.6 Å². The van der Waals surface area contributed by atoms with E-state index in [-0.39, 0.29) is 5.56 Å². The Hall–Kier alpha value is -1.34. The number of rotatable bonds is 5. The zero-order chi connectivity index (χ0) is 18.1. The Bertz CT molecular complexity index is 657. The molecular weight excluding hydrogens is 328 g/mol. The molecule has 130 valence electrons. The van der Waals surface area contributed by atoms with Crippen molar-refractivity contribution in [1.82, 2.24) is 5.32 Å². The Morgan fingerprint density at radius 2 is 1.88 bits per heavy atom. The van der Waals surface area contributed by atoms with Crippen LogP contribution in [0.5, 0.6) is 0 Å². The molecule has 1 aromatic rings. The van der Waals surface area contributed by atoms with Gasteiger partial charge in [-0.3, -0.25) is 0 Å². The Morgan fingerprint density at radius 1 is 1.29 bits per heavy atom. The van der Waals surface area contributed by atoms with Crippen molar-refractivity contribution in [1.29, 1.82) is 0 Å². The number of benzene rings is 1. The van der Waals surface area contributed by atoms with Crippen molar-refractivity contribution in [3.63, 3.8) is 0 Å². The highest BCUT2D eigenvalue weighted by molar-refractivity contribution is 6.56. The third-order valence-corrected chi connectivity index (χ3v) is 4.88. The highest BCUT2D eigenvalue weighted by atomic mass is 35.5. The quantitative estimate of drug-likeness (QED) is 0.797. The molecule has 0 bridgehead atoms. The summed E-state index contributed by atoms with van der Waals surface area (Å²) in [4.78, 5) is 11.5. The van der Waals surface area contributed by atoms with E-state index >= 15 is 0 Å². The summed E-state index contributed by atoms with van der Waals surface area (Å²) in [7, 11) is 1.24. The van der Waals surface area contributed by atoms with Crippen molar-refractivity contribution in [3.8, 4) is 0 Å². The molecule has 5 nitrogen and oxygen atoms in total. The Labute approximate surface area is 148 Å². The molecule has 0 unspecified atom stereocenters. The second-order valence-corrected chi connectivity index (χ2v) is 7.25. The van der Waals surface area contributed by atoms with E-state index < -0.39 is 24.3 Å². The number of hydrogen-bond donors (Lipinski definition) is 2. The van der Waals surface area contributed by atoms with Crippen molar-refractivity contribution in [2.24, 2.45) is 0 Å². The molecule has 0 aromatic heterocycles. The van der Waals surface area contributed by atoms with Gasteiger partial charge in [-0.25, -0.2) is 4.79 Å². The molecule has 1 saturated heterocycles. The fraction of sp³-hybridized carbons (Fsp3) is 0.471. The fourth-order valence-corrected chi connectivity index (χ4v) is 2.69. The number of carbonyl (C=O) groups is 1. The second kappa shape index (κ2) is 6.88. The van der Waals surface area contributed by atoms with E-state index in [0.717, 1.165) is 5.47 Å². The standard InChI is InChI=1S/C17H23BClNO4/c1-16(2)17(3,4)24-18(23-16)11(10-20-5)9-13-12(15(21)22)7-6-8-14(13)19/h6-9,20H,10H2,1-5H3,(H,21,22). The first-order valence-corrected chi connectivity index (χ1v) is 8.19. The zero-order valence-electron chi connectivity index (χ0n) is 14.6. The lowest BCUT2D eigenvalue weighted by atomic mass is 9.76. The van der Waals surface area contributed by atoms with Crippen LogP contribution in [0.3, 0.4) is 0 Å². The predicted molar refractivity (Wildman–Crippen MR) is 96.4 cm³/mol. The molecule has 2 N–H and O–H groups in total. The third-order valence-electron chi connectivity index (χ3n) is 4.55. The summed E-state index contributed by atoms with van der Waals surface area (Å²) in [6.45, 7) is 8.38. The van der Waals surface area contributed by atoms with E-state index in [0.29, 0.717) is 17.1 Å². The monoisotopic (exact) mass is 351 g/mol. The molecule has 2 rings (SSSR count). The lowest BCUT2D eigenvalue weighted by molar-refractivity contribution is 0.00578. The van der Waals surface area contributed by atoms with E-state index in [1.54, 1.807) is 18.2 Å². The summed E-state index contributed by atoms with van der Waals surface area (Å²) in [6, 6.07) is 4.82. The minimum Gasteiger partial charge on any atom is -0.478 e. The Kier molecular flexibility index (Phi) is 5.45. The summed E-state index contributed by atoms with van der Waals surface area (Å²) in [5.74, 6) is -1.03. The highest BCUT2D eigenvalue weighted by Gasteiger charge is 2.52. The molecule has 7 heteroatoms. The van der Waals surface area contributed by atoms with Crippen LogP contribution in [0.1, 0.15) is 43.6 Å². The molecule has 1 aliphatic heterocycles. The molecule has 24 heavy (non-hydrogen) atoms. The van der Waals surface area contributed by atoms with Gasteiger partial charge in [0.15, 0.2) is 0 Å². The van der Waals surface area contributed by atoms with Crippen LogP contribution in [0.25, 0.3) is 6.08 Å². The van der Waals surface area contributed by atoms with Gasteiger partial charge >= 0.3 is 13.1 Å². The summed E-state index contributed by atoms with van der Waals surface area (Å²) in [6.07, 6.45) is 1.74. The van der Waals surface area contributed by atoms with Gasteiger partial charge in [-0.1, -0.05) is 23.7 Å². The van der Waals surface area contributed by atoms with E-state index in [1.165, 1.54) is 6.07 Å². The van der Waals surface area contributed by atoms with Gasteiger partial charge in [0.2, 0.25) is 0 Å². The summed E-state index contributed by atoms with van der Waals surface area (Å²) in [5.41, 5.74) is 0.437. The maximum atomic E-state index is 11.5. The van der Waals surface area contributed by atoms with Crippen LogP contribution in [-0.4, -0.2) is 43.0 Å². The summed E-state index contributed by atoms with van der Waals surface area (Å²) in [5, 5.41) is 12.8. The van der Waals surface area contributed by atoms with Crippen LogP contribution in [0.2, 0.25) is 5.02 Å².